The van der Waals surface area contributed by atoms with Gasteiger partial charge in [-0.15, -0.1) is 5.10 Å². The predicted octanol–water partition coefficient (Wildman–Crippen LogP) is 3.17. The first-order valence-electron chi connectivity index (χ1n) is 9.92. The number of hydrogen-bond donors (Lipinski definition) is 2. The van der Waals surface area contributed by atoms with E-state index in [0.29, 0.717) is 23.2 Å². The van der Waals surface area contributed by atoms with Crippen molar-refractivity contribution < 1.29 is 14.0 Å². The summed E-state index contributed by atoms with van der Waals surface area (Å²) in [6, 6.07) is 10.5. The molecule has 0 unspecified atom stereocenters. The Hall–Kier alpha value is -3.66. The summed E-state index contributed by atoms with van der Waals surface area (Å²) in [7, 11) is 0. The number of carbonyl (C=O) groups excluding carboxylic acids is 2. The molecule has 9 nitrogen and oxygen atoms in total. The Labute approximate surface area is 188 Å². The molecular formula is C22H22N6O3S. The summed E-state index contributed by atoms with van der Waals surface area (Å²) in [5.74, 6) is 0.352. The summed E-state index contributed by atoms with van der Waals surface area (Å²) in [6.07, 6.45) is 3.56. The summed E-state index contributed by atoms with van der Waals surface area (Å²) >= 11 is 1.45. The average molecular weight is 451 g/mol. The number of rotatable bonds is 7. The van der Waals surface area contributed by atoms with Crippen LogP contribution in [0.2, 0.25) is 0 Å². The number of furan rings is 1. The number of carbonyl (C=O) groups is 2. The molecule has 0 saturated heterocycles. The van der Waals surface area contributed by atoms with Crippen molar-refractivity contribution in [3.63, 3.8) is 0 Å². The minimum absolute atomic E-state index is 0.113. The Kier molecular flexibility index (Phi) is 6.22. The van der Waals surface area contributed by atoms with Gasteiger partial charge >= 0.3 is 0 Å². The van der Waals surface area contributed by atoms with Gasteiger partial charge in [-0.25, -0.2) is 9.50 Å². The molecule has 3 heterocycles. The number of nitrogens with one attached hydrogen (secondary N) is 2. The van der Waals surface area contributed by atoms with Crippen LogP contribution in [-0.4, -0.2) is 37.7 Å². The molecule has 4 rings (SSSR count). The Morgan fingerprint density at radius 1 is 1.12 bits per heavy atom. The lowest BCUT2D eigenvalue weighted by molar-refractivity contribution is -0.120. The Balaban J connectivity index is 1.36. The summed E-state index contributed by atoms with van der Waals surface area (Å²) in [6.45, 7) is 4.16. The fourth-order valence-electron chi connectivity index (χ4n) is 3.26. The number of aryl methyl sites for hydroxylation is 2. The number of hydrogen-bond acceptors (Lipinski definition) is 7. The first kappa shape index (κ1) is 21.6. The average Bonchev–Trinajstić information content (AvgIpc) is 3.46. The molecule has 0 aliphatic heterocycles. The van der Waals surface area contributed by atoms with Gasteiger partial charge in [0.25, 0.3) is 11.7 Å². The number of aromatic nitrogens is 4. The summed E-state index contributed by atoms with van der Waals surface area (Å²) in [4.78, 5) is 33.4. The van der Waals surface area contributed by atoms with Crippen LogP contribution in [0.3, 0.4) is 0 Å². The molecule has 164 valence electrons. The molecule has 3 aromatic heterocycles. The fourth-order valence-corrected chi connectivity index (χ4v) is 3.60. The third-order valence-electron chi connectivity index (χ3n) is 5.00. The minimum Gasteiger partial charge on any atom is -0.459 e. The van der Waals surface area contributed by atoms with E-state index in [1.165, 1.54) is 18.0 Å². The molecule has 0 radical (unpaired) electrons. The van der Waals surface area contributed by atoms with E-state index >= 15 is 0 Å². The number of anilines is 1. The van der Waals surface area contributed by atoms with Crippen molar-refractivity contribution in [2.75, 3.05) is 11.6 Å². The van der Waals surface area contributed by atoms with Crippen LogP contribution in [0, 0.1) is 13.8 Å². The molecule has 0 aliphatic carbocycles. The Morgan fingerprint density at radius 3 is 2.59 bits per heavy atom. The van der Waals surface area contributed by atoms with Gasteiger partial charge in [-0.05, 0) is 49.9 Å². The molecule has 1 aromatic carbocycles. The molecule has 0 fully saturated rings. The number of thioether (sulfide) groups is 1. The van der Waals surface area contributed by atoms with Gasteiger partial charge in [-0.2, -0.15) is 4.98 Å². The van der Waals surface area contributed by atoms with E-state index < -0.39 is 0 Å². The summed E-state index contributed by atoms with van der Waals surface area (Å²) < 4.78 is 6.76. The Morgan fingerprint density at radius 2 is 1.91 bits per heavy atom. The largest absolute Gasteiger partial charge is 0.459 e. The van der Waals surface area contributed by atoms with E-state index in [9.17, 15) is 9.59 Å². The van der Waals surface area contributed by atoms with E-state index in [-0.39, 0.29) is 24.0 Å². The third-order valence-corrected chi connectivity index (χ3v) is 5.53. The highest BCUT2D eigenvalue weighted by molar-refractivity contribution is 7.98. The second-order valence-electron chi connectivity index (χ2n) is 7.15. The zero-order chi connectivity index (χ0) is 22.7. The lowest BCUT2D eigenvalue weighted by Crippen LogP contribution is -2.26. The molecule has 2 amide bonds. The molecule has 0 spiro atoms. The van der Waals surface area contributed by atoms with E-state index in [0.717, 1.165) is 22.5 Å². The van der Waals surface area contributed by atoms with Gasteiger partial charge in [0.15, 0.2) is 5.76 Å². The predicted molar refractivity (Wildman–Crippen MR) is 121 cm³/mol. The summed E-state index contributed by atoms with van der Waals surface area (Å²) in [5.41, 5.74) is 4.01. The van der Waals surface area contributed by atoms with Crippen LogP contribution in [0.15, 0.2) is 52.2 Å². The minimum atomic E-state index is -0.315. The lowest BCUT2D eigenvalue weighted by atomic mass is 10.1. The monoisotopic (exact) mass is 450 g/mol. The highest BCUT2D eigenvalue weighted by Gasteiger charge is 2.16. The quantitative estimate of drug-likeness (QED) is 0.416. The molecule has 2 N–H and O–H groups in total. The van der Waals surface area contributed by atoms with Crippen molar-refractivity contribution >= 4 is 35.0 Å². The van der Waals surface area contributed by atoms with Crippen LogP contribution in [0.1, 0.15) is 33.1 Å². The topological polar surface area (TPSA) is 114 Å². The molecular weight excluding hydrogens is 428 g/mol. The molecule has 4 aromatic rings. The SMILES string of the molecule is CSc1nc2nc(C)c(CC(=O)NCc3ccc(NC(=O)c4ccco4)cc3)c(C)n2n1. The van der Waals surface area contributed by atoms with Gasteiger partial charge in [-0.3, -0.25) is 9.59 Å². The van der Waals surface area contributed by atoms with Crippen molar-refractivity contribution in [1.82, 2.24) is 24.9 Å². The molecule has 0 saturated carbocycles. The van der Waals surface area contributed by atoms with Crippen molar-refractivity contribution in [2.24, 2.45) is 0 Å². The first-order valence-corrected chi connectivity index (χ1v) is 11.1. The number of nitrogens with zero attached hydrogens (tertiary/aromatic N) is 4. The number of fused-ring (bicyclic) bond motifs is 1. The molecule has 0 aliphatic rings. The Bertz CT molecular complexity index is 1270. The van der Waals surface area contributed by atoms with Crippen LogP contribution in [0.4, 0.5) is 5.69 Å². The molecule has 0 atom stereocenters. The van der Waals surface area contributed by atoms with Gasteiger partial charge in [0.05, 0.1) is 12.7 Å². The number of amides is 2. The van der Waals surface area contributed by atoms with Gasteiger partial charge < -0.3 is 15.1 Å². The third kappa shape index (κ3) is 4.65. The van der Waals surface area contributed by atoms with Crippen LogP contribution >= 0.6 is 11.8 Å². The smallest absolute Gasteiger partial charge is 0.291 e. The van der Waals surface area contributed by atoms with E-state index in [1.54, 1.807) is 28.8 Å². The standard InChI is InChI=1S/C22H22N6O3S/c1-13-17(14(2)28-21(24-13)26-22(27-28)32-3)11-19(29)23-12-15-6-8-16(9-7-15)25-20(30)18-5-4-10-31-18/h4-10H,11-12H2,1-3H3,(H,23,29)(H,25,30). The maximum absolute atomic E-state index is 12.6. The van der Waals surface area contributed by atoms with Crippen molar-refractivity contribution in [1.29, 1.82) is 0 Å². The molecule has 10 heteroatoms. The molecule has 32 heavy (non-hydrogen) atoms. The van der Waals surface area contributed by atoms with Crippen LogP contribution in [0.5, 0.6) is 0 Å². The maximum atomic E-state index is 12.6. The number of benzene rings is 1. The molecule has 0 bridgehead atoms. The highest BCUT2D eigenvalue weighted by Crippen LogP contribution is 2.17. The normalized spacial score (nSPS) is 11.0. The second kappa shape index (κ2) is 9.23. The van der Waals surface area contributed by atoms with Crippen molar-refractivity contribution in [3.05, 3.63) is 70.9 Å². The fraction of sp³-hybridized carbons (Fsp3) is 0.227. The summed E-state index contributed by atoms with van der Waals surface area (Å²) in [5, 5.41) is 10.8. The lowest BCUT2D eigenvalue weighted by Gasteiger charge is -2.11. The zero-order valence-corrected chi connectivity index (χ0v) is 18.7. The van der Waals surface area contributed by atoms with Gasteiger partial charge in [-0.1, -0.05) is 23.9 Å². The van der Waals surface area contributed by atoms with Crippen molar-refractivity contribution in [2.45, 2.75) is 32.0 Å². The van der Waals surface area contributed by atoms with Crippen LogP contribution in [0.25, 0.3) is 5.78 Å². The first-order chi connectivity index (χ1) is 15.4. The van der Waals surface area contributed by atoms with Crippen molar-refractivity contribution in [3.8, 4) is 0 Å². The van der Waals surface area contributed by atoms with E-state index in [4.69, 9.17) is 4.42 Å². The van der Waals surface area contributed by atoms with Gasteiger partial charge in [0.1, 0.15) is 0 Å². The van der Waals surface area contributed by atoms with Crippen LogP contribution in [-0.2, 0) is 17.8 Å². The highest BCUT2D eigenvalue weighted by atomic mass is 32.2. The maximum Gasteiger partial charge on any atom is 0.291 e. The van der Waals surface area contributed by atoms with E-state index in [1.807, 2.05) is 32.2 Å². The zero-order valence-electron chi connectivity index (χ0n) is 17.9. The van der Waals surface area contributed by atoms with E-state index in [2.05, 4.69) is 25.7 Å². The van der Waals surface area contributed by atoms with Crippen LogP contribution < -0.4 is 10.6 Å². The van der Waals surface area contributed by atoms with Gasteiger partial charge in [0, 0.05) is 29.2 Å². The van der Waals surface area contributed by atoms with Gasteiger partial charge in [0.2, 0.25) is 11.1 Å². The second-order valence-corrected chi connectivity index (χ2v) is 7.93.